The molecule has 1 aromatic carbocycles. The number of ether oxygens (including phenoxy) is 1. The Balaban J connectivity index is 2.49. The molecule has 2 amide bonds. The van der Waals surface area contributed by atoms with Gasteiger partial charge in [-0.1, -0.05) is 18.2 Å². The second-order valence-corrected chi connectivity index (χ2v) is 3.64. The maximum Gasteiger partial charge on any atom is 0.328 e. The Bertz CT molecular complexity index is 445. The first kappa shape index (κ1) is 13.7. The van der Waals surface area contributed by atoms with Gasteiger partial charge < -0.3 is 15.8 Å². The Morgan fingerprint density at radius 1 is 1.28 bits per heavy atom. The highest BCUT2D eigenvalue weighted by atomic mass is 16.5. The third-order valence-electron chi connectivity index (χ3n) is 2.09. The molecule has 18 heavy (non-hydrogen) atoms. The molecule has 0 saturated heterocycles. The highest BCUT2D eigenvalue weighted by Gasteiger charge is 2.18. The summed E-state index contributed by atoms with van der Waals surface area (Å²) in [4.78, 5) is 33.5. The van der Waals surface area contributed by atoms with Crippen molar-refractivity contribution in [3.05, 3.63) is 35.9 Å². The molecule has 6 heteroatoms. The van der Waals surface area contributed by atoms with Gasteiger partial charge in [-0.15, -0.1) is 0 Å². The average Bonchev–Trinajstić information content (AvgIpc) is 2.36. The van der Waals surface area contributed by atoms with Gasteiger partial charge in [-0.05, 0) is 19.1 Å². The summed E-state index contributed by atoms with van der Waals surface area (Å²) in [6, 6.07) is 7.60. The molecule has 3 N–H and O–H groups in total. The normalized spacial score (nSPS) is 11.4. The van der Waals surface area contributed by atoms with Gasteiger partial charge in [0.2, 0.25) is 0 Å². The third-order valence-corrected chi connectivity index (χ3v) is 2.09. The highest BCUT2D eigenvalue weighted by molar-refractivity contribution is 5.96. The van der Waals surface area contributed by atoms with Crippen molar-refractivity contribution in [2.45, 2.75) is 13.0 Å². The molecule has 0 radical (unpaired) electrons. The lowest BCUT2D eigenvalue weighted by atomic mass is 10.2. The third kappa shape index (κ3) is 4.25. The molecule has 0 spiro atoms. The van der Waals surface area contributed by atoms with E-state index in [0.717, 1.165) is 0 Å². The number of primary amides is 1. The van der Waals surface area contributed by atoms with Gasteiger partial charge in [-0.3, -0.25) is 9.59 Å². The van der Waals surface area contributed by atoms with Crippen molar-refractivity contribution >= 4 is 17.8 Å². The van der Waals surface area contributed by atoms with Crippen molar-refractivity contribution in [2.24, 2.45) is 5.73 Å². The Morgan fingerprint density at radius 2 is 1.89 bits per heavy atom. The van der Waals surface area contributed by atoms with Gasteiger partial charge in [0.1, 0.15) is 6.04 Å². The number of hydrogen-bond acceptors (Lipinski definition) is 4. The van der Waals surface area contributed by atoms with Crippen molar-refractivity contribution < 1.29 is 19.1 Å². The van der Waals surface area contributed by atoms with E-state index in [-0.39, 0.29) is 5.91 Å². The monoisotopic (exact) mass is 250 g/mol. The predicted octanol–water partition coefficient (Wildman–Crippen LogP) is -0.167. The number of benzene rings is 1. The van der Waals surface area contributed by atoms with Crippen molar-refractivity contribution in [3.8, 4) is 0 Å². The van der Waals surface area contributed by atoms with Crippen LogP contribution in [0.15, 0.2) is 30.3 Å². The minimum Gasteiger partial charge on any atom is -0.454 e. The molecular formula is C12H14N2O4. The number of hydrogen-bond donors (Lipinski definition) is 2. The molecule has 0 heterocycles. The molecule has 0 aliphatic carbocycles. The van der Waals surface area contributed by atoms with Crippen LogP contribution in [0.2, 0.25) is 0 Å². The second-order valence-electron chi connectivity index (χ2n) is 3.64. The predicted molar refractivity (Wildman–Crippen MR) is 63.5 cm³/mol. The molecule has 0 unspecified atom stereocenters. The molecule has 1 aromatic rings. The highest BCUT2D eigenvalue weighted by Crippen LogP contribution is 1.99. The van der Waals surface area contributed by atoms with Crippen LogP contribution in [0.1, 0.15) is 17.3 Å². The Hall–Kier alpha value is -2.37. The van der Waals surface area contributed by atoms with Crippen molar-refractivity contribution in [1.82, 2.24) is 5.32 Å². The van der Waals surface area contributed by atoms with Gasteiger partial charge in [0.25, 0.3) is 11.8 Å². The fourth-order valence-electron chi connectivity index (χ4n) is 1.20. The molecular weight excluding hydrogens is 236 g/mol. The van der Waals surface area contributed by atoms with Crippen LogP contribution < -0.4 is 11.1 Å². The fraction of sp³-hybridized carbons (Fsp3) is 0.250. The number of esters is 1. The Morgan fingerprint density at radius 3 is 2.44 bits per heavy atom. The zero-order valence-corrected chi connectivity index (χ0v) is 9.88. The van der Waals surface area contributed by atoms with Crippen molar-refractivity contribution in [1.29, 1.82) is 0 Å². The Labute approximate surface area is 104 Å². The van der Waals surface area contributed by atoms with Crippen LogP contribution in [0, 0.1) is 0 Å². The van der Waals surface area contributed by atoms with E-state index in [1.807, 2.05) is 0 Å². The summed E-state index contributed by atoms with van der Waals surface area (Å²) in [7, 11) is 0. The van der Waals surface area contributed by atoms with Gasteiger partial charge in [-0.25, -0.2) is 4.79 Å². The number of carbonyl (C=O) groups is 3. The van der Waals surface area contributed by atoms with Crippen LogP contribution in [0.3, 0.4) is 0 Å². The molecule has 0 bridgehead atoms. The average molecular weight is 250 g/mol. The first-order chi connectivity index (χ1) is 8.50. The van der Waals surface area contributed by atoms with Crippen LogP contribution in [0.4, 0.5) is 0 Å². The molecule has 96 valence electrons. The van der Waals surface area contributed by atoms with Gasteiger partial charge in [0.15, 0.2) is 6.61 Å². The molecule has 0 aliphatic rings. The Kier molecular flexibility index (Phi) is 4.86. The zero-order chi connectivity index (χ0) is 13.5. The number of rotatable bonds is 5. The van der Waals surface area contributed by atoms with Crippen LogP contribution in [-0.4, -0.2) is 30.4 Å². The van der Waals surface area contributed by atoms with E-state index in [9.17, 15) is 14.4 Å². The van der Waals surface area contributed by atoms with Crippen LogP contribution in [0.5, 0.6) is 0 Å². The summed E-state index contributed by atoms with van der Waals surface area (Å²) in [6.45, 7) is 0.967. The van der Waals surface area contributed by atoms with E-state index in [1.165, 1.54) is 6.92 Å². The number of nitrogens with one attached hydrogen (secondary N) is 1. The smallest absolute Gasteiger partial charge is 0.328 e. The van der Waals surface area contributed by atoms with E-state index in [1.54, 1.807) is 30.3 Å². The molecule has 0 aromatic heterocycles. The fourth-order valence-corrected chi connectivity index (χ4v) is 1.20. The standard InChI is InChI=1S/C12H14N2O4/c1-8(12(17)18-7-10(13)15)14-11(16)9-5-3-2-4-6-9/h2-6,8H,7H2,1H3,(H2,13,15)(H,14,16)/t8-/m0/s1. The quantitative estimate of drug-likeness (QED) is 0.709. The molecule has 1 atom stereocenters. The lowest BCUT2D eigenvalue weighted by Crippen LogP contribution is -2.40. The summed E-state index contributed by atoms with van der Waals surface area (Å²) >= 11 is 0. The molecule has 6 nitrogen and oxygen atoms in total. The van der Waals surface area contributed by atoms with E-state index in [4.69, 9.17) is 5.73 Å². The maximum atomic E-state index is 11.7. The number of nitrogens with two attached hydrogens (primary N) is 1. The molecule has 0 fully saturated rings. The van der Waals surface area contributed by atoms with E-state index >= 15 is 0 Å². The van der Waals surface area contributed by atoms with Gasteiger partial charge >= 0.3 is 5.97 Å². The minimum absolute atomic E-state index is 0.390. The molecule has 0 aliphatic heterocycles. The minimum atomic E-state index is -0.850. The summed E-state index contributed by atoms with van der Waals surface area (Å²) in [5.41, 5.74) is 5.27. The molecule has 1 rings (SSSR count). The number of amides is 2. The van der Waals surface area contributed by atoms with E-state index in [2.05, 4.69) is 10.1 Å². The summed E-state index contributed by atoms with van der Waals surface area (Å²) in [5, 5.41) is 2.45. The topological polar surface area (TPSA) is 98.5 Å². The summed E-state index contributed by atoms with van der Waals surface area (Å²) in [6.07, 6.45) is 0. The van der Waals surface area contributed by atoms with Crippen molar-refractivity contribution in [2.75, 3.05) is 6.61 Å². The van der Waals surface area contributed by atoms with E-state index in [0.29, 0.717) is 5.56 Å². The van der Waals surface area contributed by atoms with Gasteiger partial charge in [-0.2, -0.15) is 0 Å². The number of carbonyl (C=O) groups excluding carboxylic acids is 3. The SMILES string of the molecule is C[C@H](NC(=O)c1ccccc1)C(=O)OCC(N)=O. The molecule has 0 saturated carbocycles. The summed E-state index contributed by atoms with van der Waals surface area (Å²) in [5.74, 6) is -1.85. The largest absolute Gasteiger partial charge is 0.454 e. The first-order valence-electron chi connectivity index (χ1n) is 5.31. The zero-order valence-electron chi connectivity index (χ0n) is 9.88. The van der Waals surface area contributed by atoms with Gasteiger partial charge in [0.05, 0.1) is 0 Å². The van der Waals surface area contributed by atoms with Gasteiger partial charge in [0, 0.05) is 5.56 Å². The second kappa shape index (κ2) is 6.39. The lowest BCUT2D eigenvalue weighted by molar-refractivity contribution is -0.149. The van der Waals surface area contributed by atoms with E-state index < -0.39 is 24.5 Å². The van der Waals surface area contributed by atoms with Crippen LogP contribution in [0.25, 0.3) is 0 Å². The lowest BCUT2D eigenvalue weighted by Gasteiger charge is -2.12. The van der Waals surface area contributed by atoms with Crippen molar-refractivity contribution in [3.63, 3.8) is 0 Å². The maximum absolute atomic E-state index is 11.7. The summed E-state index contributed by atoms with van der Waals surface area (Å²) < 4.78 is 4.57. The van der Waals surface area contributed by atoms with Crippen LogP contribution >= 0.6 is 0 Å². The van der Waals surface area contributed by atoms with Crippen LogP contribution in [-0.2, 0) is 14.3 Å². The first-order valence-corrected chi connectivity index (χ1v) is 5.31.